The molecule has 2 unspecified atom stereocenters. The summed E-state index contributed by atoms with van der Waals surface area (Å²) < 4.78 is 5.23. The molecule has 0 saturated heterocycles. The fourth-order valence-corrected chi connectivity index (χ4v) is 17.4. The van der Waals surface area contributed by atoms with Crippen molar-refractivity contribution in [3.05, 3.63) is 75.3 Å². The zero-order chi connectivity index (χ0) is 20.4. The van der Waals surface area contributed by atoms with Gasteiger partial charge in [0.25, 0.3) is 0 Å². The van der Waals surface area contributed by atoms with E-state index in [1.165, 1.54) is 10.5 Å². The number of allylic oxidation sites excluding steroid dienone is 13. The van der Waals surface area contributed by atoms with Crippen molar-refractivity contribution in [2.75, 3.05) is 6.26 Å². The van der Waals surface area contributed by atoms with Gasteiger partial charge in [0, 0.05) is 0 Å². The summed E-state index contributed by atoms with van der Waals surface area (Å²) in [7, 11) is -0.178. The molecule has 0 aromatic heterocycles. The summed E-state index contributed by atoms with van der Waals surface area (Å²) in [5, 5.41) is 3.74. The van der Waals surface area contributed by atoms with E-state index in [2.05, 4.69) is 91.2 Å². The van der Waals surface area contributed by atoms with E-state index in [-0.39, 0.29) is 32.7 Å². The average Bonchev–Trinajstić information content (AvgIpc) is 3.29. The quantitative estimate of drug-likeness (QED) is 0.479. The third-order valence-electron chi connectivity index (χ3n) is 6.02. The maximum absolute atomic E-state index is 2.64. The summed E-state index contributed by atoms with van der Waals surface area (Å²) in [5.41, 5.74) is 4.59. The number of hydrogen-bond donors (Lipinski definition) is 0. The number of hydrogen-bond acceptors (Lipinski definition) is 1. The minimum absolute atomic E-state index is 0. The summed E-state index contributed by atoms with van der Waals surface area (Å²) in [6, 6.07) is 0. The predicted octanol–water partition coefficient (Wildman–Crippen LogP) is 1.82. The predicted molar refractivity (Wildman–Crippen MR) is 127 cm³/mol. The van der Waals surface area contributed by atoms with Gasteiger partial charge in [0.1, 0.15) is 0 Å². The Bertz CT molecular complexity index is 1020. The molecular weight excluding hydrogens is 525 g/mol. The molecule has 2 atom stereocenters. The topological polar surface area (TPSA) is 0 Å². The van der Waals surface area contributed by atoms with E-state index in [1.807, 2.05) is 15.0 Å². The minimum atomic E-state index is -2.11. The maximum Gasteiger partial charge on any atom is -1.00 e. The van der Waals surface area contributed by atoms with Gasteiger partial charge in [-0.15, -0.1) is 0 Å². The second-order valence-corrected chi connectivity index (χ2v) is 20.3. The Morgan fingerprint density at radius 2 is 1.73 bits per heavy atom. The van der Waals surface area contributed by atoms with Crippen LogP contribution in [0, 0.1) is 5.92 Å². The molecule has 0 aromatic rings. The Balaban J connectivity index is 0.00000160. The molecule has 30 heavy (non-hydrogen) atoms. The van der Waals surface area contributed by atoms with Crippen LogP contribution in [0.4, 0.5) is 0 Å². The van der Waals surface area contributed by atoms with E-state index in [9.17, 15) is 0 Å². The minimum Gasteiger partial charge on any atom is -1.00 e. The van der Waals surface area contributed by atoms with Crippen molar-refractivity contribution in [2.45, 2.75) is 53.6 Å². The Labute approximate surface area is 208 Å². The number of thioether (sulfide) groups is 1. The fraction of sp³-hybridized carbons (Fsp3) is 0.400. The van der Waals surface area contributed by atoms with Crippen LogP contribution in [-0.4, -0.2) is 14.6 Å². The third kappa shape index (κ3) is 4.27. The third-order valence-corrected chi connectivity index (χ3v) is 17.8. The number of halogens is 2. The Hall–Kier alpha value is 0.293. The second kappa shape index (κ2) is 9.65. The van der Waals surface area contributed by atoms with Gasteiger partial charge in [-0.2, -0.15) is 0 Å². The van der Waals surface area contributed by atoms with Crippen LogP contribution in [0.25, 0.3) is 0 Å². The van der Waals surface area contributed by atoms with Crippen LogP contribution in [0.1, 0.15) is 48.5 Å². The van der Waals surface area contributed by atoms with Crippen LogP contribution in [-0.2, 0) is 21.3 Å². The first-order valence-corrected chi connectivity index (χ1v) is 16.4. The van der Waals surface area contributed by atoms with Crippen LogP contribution in [0.5, 0.6) is 0 Å². The van der Waals surface area contributed by atoms with Crippen LogP contribution in [0.3, 0.4) is 0 Å². The van der Waals surface area contributed by atoms with Gasteiger partial charge in [-0.05, 0) is 0 Å². The van der Waals surface area contributed by atoms with E-state index in [1.54, 1.807) is 28.3 Å². The zero-order valence-corrected chi connectivity index (χ0v) is 24.8. The maximum atomic E-state index is 2.64. The molecule has 0 radical (unpaired) electrons. The molecule has 0 amide bonds. The molecule has 0 spiro atoms. The van der Waals surface area contributed by atoms with Crippen LogP contribution in [0.15, 0.2) is 75.3 Å². The summed E-state index contributed by atoms with van der Waals surface area (Å²) in [4.78, 5) is 1.47. The van der Waals surface area contributed by atoms with Crippen molar-refractivity contribution >= 4 is 22.9 Å². The van der Waals surface area contributed by atoms with Crippen LogP contribution < -0.4 is 24.8 Å². The van der Waals surface area contributed by atoms with Crippen LogP contribution >= 0.6 is 19.7 Å². The van der Waals surface area contributed by atoms with Gasteiger partial charge in [-0.1, -0.05) is 0 Å². The van der Waals surface area contributed by atoms with Gasteiger partial charge in [0.05, 0.1) is 0 Å². The molecule has 0 bridgehead atoms. The molecule has 1 aliphatic heterocycles. The smallest absolute Gasteiger partial charge is 1.00 e. The normalized spacial score (nSPS) is 23.7. The largest absolute Gasteiger partial charge is 1.00 e. The Kier molecular flexibility index (Phi) is 8.54. The van der Waals surface area contributed by atoms with Gasteiger partial charge < -0.3 is 24.8 Å². The molecule has 0 fully saturated rings. The molecule has 1 heterocycles. The monoisotopic (exact) mass is 554 g/mol. The van der Waals surface area contributed by atoms with E-state index in [0.717, 1.165) is 0 Å². The summed E-state index contributed by atoms with van der Waals surface area (Å²) in [6.45, 7) is 16.9. The second-order valence-electron chi connectivity index (χ2n) is 9.31. The molecule has 5 heteroatoms. The number of rotatable bonds is 3. The molecule has 4 rings (SSSR count). The Morgan fingerprint density at radius 3 is 2.30 bits per heavy atom. The van der Waals surface area contributed by atoms with Gasteiger partial charge in [-0.25, -0.2) is 0 Å². The first-order valence-electron chi connectivity index (χ1n) is 10.1. The summed E-state index contributed by atoms with van der Waals surface area (Å²) >= 11 is -0.206. The first kappa shape index (κ1) is 26.5. The number of fused-ring (bicyclic) bond motifs is 2. The van der Waals surface area contributed by atoms with Gasteiger partial charge in [-0.3, -0.25) is 0 Å². The molecule has 0 nitrogen and oxygen atoms in total. The zero-order valence-electron chi connectivity index (χ0n) is 19.2. The van der Waals surface area contributed by atoms with Gasteiger partial charge in [0.2, 0.25) is 0 Å². The molecule has 0 N–H and O–H groups in total. The van der Waals surface area contributed by atoms with Crippen molar-refractivity contribution in [1.29, 1.82) is 0 Å². The fourth-order valence-electron chi connectivity index (χ4n) is 5.16. The standard InChI is InChI=1S/C13H18P.C9H7S.C3H6.2ClH.Zr/c1-9-6-11-8-10(2)14(12(11)7-9)13(3,4)5;1-10-9-6-5-7-3-2-4-8(7)9;1-3-2;;;/h7-8,11H,1-5H3;2-3,5-6H,1H3;1-2H3;2*1H;/q;;;;;+2/p-2. The SMILES string of the molecule is CSC1=CC=C2C=C[C]([Zr+2]([C]3=C(C)C=C4C3C=C(C)P4C(C)(C)C)=[C](C)C)=C21.[Cl-].[Cl-]. The van der Waals surface area contributed by atoms with E-state index in [4.69, 9.17) is 0 Å². The van der Waals surface area contributed by atoms with E-state index >= 15 is 0 Å². The summed E-state index contributed by atoms with van der Waals surface area (Å²) in [5.74, 6) is 0.590. The van der Waals surface area contributed by atoms with E-state index in [0.29, 0.717) is 11.1 Å². The van der Waals surface area contributed by atoms with Gasteiger partial charge in [0.15, 0.2) is 0 Å². The summed E-state index contributed by atoms with van der Waals surface area (Å²) in [6.07, 6.45) is 16.9. The average molecular weight is 557 g/mol. The molecule has 4 aliphatic rings. The van der Waals surface area contributed by atoms with Crippen molar-refractivity contribution in [1.82, 2.24) is 0 Å². The molecule has 0 saturated carbocycles. The van der Waals surface area contributed by atoms with Gasteiger partial charge >= 0.3 is 185 Å². The molecule has 160 valence electrons. The molecule has 3 aliphatic carbocycles. The molecule has 0 aromatic carbocycles. The van der Waals surface area contributed by atoms with Crippen molar-refractivity contribution in [2.24, 2.45) is 5.92 Å². The van der Waals surface area contributed by atoms with Crippen LogP contribution in [0.2, 0.25) is 0 Å². The van der Waals surface area contributed by atoms with Crippen molar-refractivity contribution < 1.29 is 46.1 Å². The molecular formula is C25H31Cl2PSZr. The van der Waals surface area contributed by atoms with Crippen molar-refractivity contribution in [3.63, 3.8) is 0 Å². The Morgan fingerprint density at radius 1 is 1.07 bits per heavy atom. The van der Waals surface area contributed by atoms with Crippen molar-refractivity contribution in [3.8, 4) is 0 Å². The van der Waals surface area contributed by atoms with E-state index < -0.39 is 21.3 Å². The first-order chi connectivity index (χ1) is 13.1.